The van der Waals surface area contributed by atoms with E-state index in [0.717, 1.165) is 58.8 Å². The molecule has 0 spiro atoms. The fourth-order valence-corrected chi connectivity index (χ4v) is 7.24. The molecule has 4 aromatic carbocycles. The molecule has 3 N–H and O–H groups in total. The number of ether oxygens (including phenoxy) is 2. The Bertz CT molecular complexity index is 2290. The van der Waals surface area contributed by atoms with E-state index in [1.807, 2.05) is 60.8 Å². The van der Waals surface area contributed by atoms with Gasteiger partial charge in [-0.05, 0) is 85.9 Å². The van der Waals surface area contributed by atoms with Gasteiger partial charge >= 0.3 is 0 Å². The third kappa shape index (κ3) is 5.13. The van der Waals surface area contributed by atoms with E-state index in [1.54, 1.807) is 17.9 Å². The number of nitrogens with zero attached hydrogens (tertiary/aromatic N) is 2. The lowest BCUT2D eigenvalue weighted by Crippen LogP contribution is -2.34. The van der Waals surface area contributed by atoms with Crippen molar-refractivity contribution in [3.63, 3.8) is 0 Å². The molecule has 2 aliphatic heterocycles. The standard InChI is InChI=1S/C38H36FN5O4/c1-43-15-5-8-25(43)12-14-41-38(46)29-21-44-32-16-22-6-3-4-7-23(22)17-33(32)48-37-34(30(39)19-28(35(37)44)36(29)45)40-13-11-24-20-42-31-18-26(47-2)9-10-27(24)31/h3-4,6-7,9-10,16-21,25,40,42H,5,8,11-15H2,1-2H3,(H,41,46). The number of carbonyl (C=O) groups is 1. The Morgan fingerprint density at radius 3 is 2.71 bits per heavy atom. The number of aromatic nitrogens is 2. The summed E-state index contributed by atoms with van der Waals surface area (Å²) >= 11 is 0. The van der Waals surface area contributed by atoms with Crippen LogP contribution < -0.4 is 25.5 Å². The van der Waals surface area contributed by atoms with Crippen molar-refractivity contribution in [2.75, 3.05) is 39.1 Å². The first-order chi connectivity index (χ1) is 23.4. The van der Waals surface area contributed by atoms with Gasteiger partial charge in [-0.15, -0.1) is 0 Å². The molecule has 6 aromatic rings. The van der Waals surface area contributed by atoms with Crippen LogP contribution in [-0.4, -0.2) is 60.2 Å². The maximum Gasteiger partial charge on any atom is 0.256 e. The zero-order valence-electron chi connectivity index (χ0n) is 26.9. The summed E-state index contributed by atoms with van der Waals surface area (Å²) in [7, 11) is 3.73. The zero-order chi connectivity index (χ0) is 32.9. The van der Waals surface area contributed by atoms with Crippen LogP contribution in [0.4, 0.5) is 10.1 Å². The van der Waals surface area contributed by atoms with Crippen molar-refractivity contribution >= 4 is 44.2 Å². The SMILES string of the molecule is COc1ccc2c(CCNc3c(F)cc4c(=O)c(C(=O)NCCC5CCCN5C)cn5c4c3Oc3cc4ccccc4cc3-5)c[nH]c2c1. The van der Waals surface area contributed by atoms with Crippen molar-refractivity contribution in [2.45, 2.75) is 31.7 Å². The molecule has 4 heterocycles. The zero-order valence-corrected chi connectivity index (χ0v) is 26.9. The lowest BCUT2D eigenvalue weighted by atomic mass is 10.0. The van der Waals surface area contributed by atoms with Crippen LogP contribution in [0.15, 0.2) is 77.9 Å². The van der Waals surface area contributed by atoms with Crippen molar-refractivity contribution in [2.24, 2.45) is 0 Å². The summed E-state index contributed by atoms with van der Waals surface area (Å²) in [5.74, 6) is 0.377. The average molecular weight is 646 g/mol. The summed E-state index contributed by atoms with van der Waals surface area (Å²) in [5.41, 5.74) is 2.69. The molecule has 9 nitrogen and oxygen atoms in total. The summed E-state index contributed by atoms with van der Waals surface area (Å²) in [6, 6.07) is 19.2. The minimum Gasteiger partial charge on any atom is -0.497 e. The van der Waals surface area contributed by atoms with Crippen molar-refractivity contribution in [1.82, 2.24) is 19.8 Å². The third-order valence-electron chi connectivity index (χ3n) is 9.84. The first kappa shape index (κ1) is 30.0. The van der Waals surface area contributed by atoms with Crippen LogP contribution in [-0.2, 0) is 6.42 Å². The first-order valence-electron chi connectivity index (χ1n) is 16.4. The highest BCUT2D eigenvalue weighted by atomic mass is 19.1. The maximum absolute atomic E-state index is 16.1. The molecule has 244 valence electrons. The van der Waals surface area contributed by atoms with Gasteiger partial charge in [0.25, 0.3) is 5.91 Å². The van der Waals surface area contributed by atoms with Gasteiger partial charge in [0.2, 0.25) is 5.43 Å². The number of amides is 1. The number of nitrogens with one attached hydrogen (secondary N) is 3. The fourth-order valence-electron chi connectivity index (χ4n) is 7.24. The van der Waals surface area contributed by atoms with Crippen LogP contribution in [0.25, 0.3) is 38.3 Å². The molecule has 1 unspecified atom stereocenters. The summed E-state index contributed by atoms with van der Waals surface area (Å²) in [5, 5.41) is 9.27. The smallest absolute Gasteiger partial charge is 0.256 e. The molecule has 1 saturated heterocycles. The molecule has 0 radical (unpaired) electrons. The van der Waals surface area contributed by atoms with Crippen LogP contribution in [0.1, 0.15) is 35.2 Å². The van der Waals surface area contributed by atoms with Crippen molar-refractivity contribution < 1.29 is 18.7 Å². The molecule has 1 atom stereocenters. The van der Waals surface area contributed by atoms with Crippen LogP contribution in [0.5, 0.6) is 17.2 Å². The van der Waals surface area contributed by atoms with Gasteiger partial charge in [0.05, 0.1) is 18.2 Å². The second-order valence-corrected chi connectivity index (χ2v) is 12.7. The average Bonchev–Trinajstić information content (AvgIpc) is 3.70. The normalized spacial score (nSPS) is 15.5. The monoisotopic (exact) mass is 645 g/mol. The van der Waals surface area contributed by atoms with Gasteiger partial charge in [0.15, 0.2) is 17.3 Å². The van der Waals surface area contributed by atoms with Crippen LogP contribution >= 0.6 is 0 Å². The largest absolute Gasteiger partial charge is 0.497 e. The quantitative estimate of drug-likeness (QED) is 0.161. The van der Waals surface area contributed by atoms with E-state index >= 15 is 4.39 Å². The van der Waals surface area contributed by atoms with Crippen molar-refractivity contribution in [1.29, 1.82) is 0 Å². The molecule has 0 bridgehead atoms. The molecule has 1 amide bonds. The van der Waals surface area contributed by atoms with Gasteiger partial charge < -0.3 is 34.6 Å². The number of benzene rings is 4. The Hall–Kier alpha value is -5.35. The number of carbonyl (C=O) groups excluding carboxylic acids is 1. The molecule has 0 saturated carbocycles. The van der Waals surface area contributed by atoms with E-state index in [1.165, 1.54) is 6.07 Å². The number of rotatable bonds is 9. The number of aromatic amines is 1. The Labute approximate surface area is 276 Å². The first-order valence-corrected chi connectivity index (χ1v) is 16.4. The maximum atomic E-state index is 16.1. The van der Waals surface area contributed by atoms with Gasteiger partial charge in [-0.25, -0.2) is 4.39 Å². The van der Waals surface area contributed by atoms with E-state index in [9.17, 15) is 9.59 Å². The summed E-state index contributed by atoms with van der Waals surface area (Å²) in [4.78, 5) is 33.0. The predicted molar refractivity (Wildman–Crippen MR) is 187 cm³/mol. The molecular weight excluding hydrogens is 609 g/mol. The summed E-state index contributed by atoms with van der Waals surface area (Å²) in [6.45, 7) is 1.90. The van der Waals surface area contributed by atoms with Crippen LogP contribution in [0.3, 0.4) is 0 Å². The third-order valence-corrected chi connectivity index (χ3v) is 9.84. The van der Waals surface area contributed by atoms with Gasteiger partial charge in [-0.1, -0.05) is 24.3 Å². The number of fused-ring (bicyclic) bond motifs is 4. The summed E-state index contributed by atoms with van der Waals surface area (Å²) < 4.78 is 29.7. The minimum atomic E-state index is -0.629. The van der Waals surface area contributed by atoms with Gasteiger partial charge in [-0.3, -0.25) is 9.59 Å². The van der Waals surface area contributed by atoms with Gasteiger partial charge in [0.1, 0.15) is 22.5 Å². The molecule has 8 rings (SSSR count). The van der Waals surface area contributed by atoms with Gasteiger partial charge in [0, 0.05) is 48.5 Å². The Morgan fingerprint density at radius 1 is 1.08 bits per heavy atom. The highest BCUT2D eigenvalue weighted by Crippen LogP contribution is 2.46. The minimum absolute atomic E-state index is 0.0367. The van der Waals surface area contributed by atoms with E-state index in [0.29, 0.717) is 42.5 Å². The topological polar surface area (TPSA) is 101 Å². The van der Waals surface area contributed by atoms with E-state index in [-0.39, 0.29) is 22.4 Å². The molecule has 48 heavy (non-hydrogen) atoms. The number of anilines is 1. The Balaban J connectivity index is 1.17. The molecule has 2 aliphatic rings. The van der Waals surface area contributed by atoms with Crippen LogP contribution in [0, 0.1) is 5.82 Å². The number of hydrogen-bond donors (Lipinski definition) is 3. The van der Waals surface area contributed by atoms with E-state index in [2.05, 4.69) is 27.6 Å². The van der Waals surface area contributed by atoms with E-state index in [4.69, 9.17) is 9.47 Å². The number of pyridine rings is 1. The van der Waals surface area contributed by atoms with Crippen molar-refractivity contribution in [3.8, 4) is 22.9 Å². The Morgan fingerprint density at radius 2 is 1.92 bits per heavy atom. The fraction of sp³-hybridized carbons (Fsp3) is 0.263. The molecule has 1 fully saturated rings. The van der Waals surface area contributed by atoms with Crippen molar-refractivity contribution in [3.05, 3.63) is 100 Å². The molecule has 2 aromatic heterocycles. The second-order valence-electron chi connectivity index (χ2n) is 12.7. The second kappa shape index (κ2) is 12.0. The number of hydrogen-bond acceptors (Lipinski definition) is 6. The number of methoxy groups -OCH3 is 1. The number of H-pyrrole nitrogens is 1. The highest BCUT2D eigenvalue weighted by Gasteiger charge is 2.29. The predicted octanol–water partition coefficient (Wildman–Crippen LogP) is 6.75. The molecular formula is C38H36FN5O4. The number of halogens is 1. The highest BCUT2D eigenvalue weighted by molar-refractivity contribution is 6.02. The summed E-state index contributed by atoms with van der Waals surface area (Å²) in [6.07, 6.45) is 7.16. The lowest BCUT2D eigenvalue weighted by molar-refractivity contribution is 0.0949. The lowest BCUT2D eigenvalue weighted by Gasteiger charge is -2.27. The molecule has 10 heteroatoms. The number of likely N-dealkylation sites (tertiary alicyclic amines) is 1. The van der Waals surface area contributed by atoms with Crippen LogP contribution in [0.2, 0.25) is 0 Å². The Kier molecular flexibility index (Phi) is 7.52. The van der Waals surface area contributed by atoms with E-state index < -0.39 is 17.2 Å². The van der Waals surface area contributed by atoms with Gasteiger partial charge in [-0.2, -0.15) is 0 Å². The molecule has 0 aliphatic carbocycles.